The van der Waals surface area contributed by atoms with Gasteiger partial charge < -0.3 is 4.74 Å². The van der Waals surface area contributed by atoms with Crippen molar-refractivity contribution in [3.8, 4) is 16.9 Å². The van der Waals surface area contributed by atoms with E-state index in [2.05, 4.69) is 6.58 Å². The van der Waals surface area contributed by atoms with Gasteiger partial charge in [-0.25, -0.2) is 0 Å². The Labute approximate surface area is 150 Å². The van der Waals surface area contributed by atoms with E-state index in [0.717, 1.165) is 17.2 Å². The van der Waals surface area contributed by atoms with Crippen LogP contribution in [-0.2, 0) is 12.8 Å². The number of halogens is 3. The Morgan fingerprint density at radius 1 is 0.846 bits per heavy atom. The van der Waals surface area contributed by atoms with Crippen LogP contribution in [0.25, 0.3) is 17.2 Å². The fourth-order valence-electron chi connectivity index (χ4n) is 2.71. The van der Waals surface area contributed by atoms with Crippen molar-refractivity contribution in [2.75, 3.05) is 0 Å². The number of hydrogen-bond acceptors (Lipinski definition) is 1. The Kier molecular flexibility index (Phi) is 5.12. The van der Waals surface area contributed by atoms with Crippen LogP contribution in [0, 0.1) is 0 Å². The molecule has 1 nitrogen and oxygen atoms in total. The third kappa shape index (κ3) is 3.97. The van der Waals surface area contributed by atoms with Gasteiger partial charge in [-0.05, 0) is 34.9 Å². The lowest BCUT2D eigenvalue weighted by atomic mass is 9.96. The smallest absolute Gasteiger partial charge is 0.417 e. The van der Waals surface area contributed by atoms with Crippen molar-refractivity contribution in [1.29, 1.82) is 0 Å². The van der Waals surface area contributed by atoms with Gasteiger partial charge in [-0.3, -0.25) is 0 Å². The quantitative estimate of drug-likeness (QED) is 0.502. The van der Waals surface area contributed by atoms with Crippen LogP contribution in [0.15, 0.2) is 79.4 Å². The Bertz CT molecular complexity index is 899. The summed E-state index contributed by atoms with van der Waals surface area (Å²) in [7, 11) is 0. The van der Waals surface area contributed by atoms with Crippen LogP contribution in [0.5, 0.6) is 5.75 Å². The zero-order chi connectivity index (χ0) is 18.6. The first-order valence-corrected chi connectivity index (χ1v) is 8.09. The standard InChI is InChI=1S/C22H17F3O/c1-2-16-12-13-21(26-15-17-8-4-3-5-9-17)19(14-16)18-10-6-7-11-20(18)22(23,24)25/h2-14H,1,15H2. The van der Waals surface area contributed by atoms with E-state index in [1.807, 2.05) is 30.3 Å². The van der Waals surface area contributed by atoms with Crippen molar-refractivity contribution in [1.82, 2.24) is 0 Å². The van der Waals surface area contributed by atoms with Gasteiger partial charge in [0.2, 0.25) is 0 Å². The van der Waals surface area contributed by atoms with Crippen LogP contribution >= 0.6 is 0 Å². The van der Waals surface area contributed by atoms with Gasteiger partial charge in [-0.15, -0.1) is 0 Å². The van der Waals surface area contributed by atoms with Crippen LogP contribution in [0.4, 0.5) is 13.2 Å². The molecule has 132 valence electrons. The van der Waals surface area contributed by atoms with Crippen molar-refractivity contribution in [3.63, 3.8) is 0 Å². The van der Waals surface area contributed by atoms with Gasteiger partial charge in [0.05, 0.1) is 5.56 Å². The van der Waals surface area contributed by atoms with E-state index >= 15 is 0 Å². The van der Waals surface area contributed by atoms with E-state index in [1.165, 1.54) is 12.1 Å². The molecule has 0 radical (unpaired) electrons. The number of benzene rings is 3. The molecule has 0 saturated heterocycles. The van der Waals surface area contributed by atoms with Gasteiger partial charge in [-0.2, -0.15) is 13.2 Å². The number of rotatable bonds is 5. The van der Waals surface area contributed by atoms with Crippen LogP contribution in [0.3, 0.4) is 0 Å². The molecule has 0 fully saturated rings. The lowest BCUT2D eigenvalue weighted by Gasteiger charge is -2.17. The van der Waals surface area contributed by atoms with Gasteiger partial charge in [0.1, 0.15) is 12.4 Å². The summed E-state index contributed by atoms with van der Waals surface area (Å²) in [5.74, 6) is 0.399. The number of hydrogen-bond donors (Lipinski definition) is 0. The molecule has 0 unspecified atom stereocenters. The van der Waals surface area contributed by atoms with Crippen LogP contribution in [0.2, 0.25) is 0 Å². The first-order chi connectivity index (χ1) is 12.5. The van der Waals surface area contributed by atoms with E-state index in [1.54, 1.807) is 30.3 Å². The van der Waals surface area contributed by atoms with Crippen LogP contribution in [0.1, 0.15) is 16.7 Å². The average Bonchev–Trinajstić information content (AvgIpc) is 2.66. The molecule has 0 aliphatic heterocycles. The van der Waals surface area contributed by atoms with E-state index in [0.29, 0.717) is 11.3 Å². The highest BCUT2D eigenvalue weighted by Gasteiger charge is 2.33. The van der Waals surface area contributed by atoms with Gasteiger partial charge in [0.15, 0.2) is 0 Å². The number of ether oxygens (including phenoxy) is 1. The molecule has 0 aromatic heterocycles. The minimum absolute atomic E-state index is 0.0896. The van der Waals surface area contributed by atoms with Crippen molar-refractivity contribution < 1.29 is 17.9 Å². The molecule has 0 aliphatic rings. The monoisotopic (exact) mass is 354 g/mol. The first kappa shape index (κ1) is 17.8. The maximum Gasteiger partial charge on any atom is 0.417 e. The van der Waals surface area contributed by atoms with Crippen LogP contribution < -0.4 is 4.74 Å². The molecule has 3 aromatic rings. The molecule has 0 N–H and O–H groups in total. The highest BCUT2D eigenvalue weighted by Crippen LogP contribution is 2.41. The second kappa shape index (κ2) is 7.48. The van der Waals surface area contributed by atoms with Crippen molar-refractivity contribution >= 4 is 6.08 Å². The molecule has 4 heteroatoms. The largest absolute Gasteiger partial charge is 0.488 e. The summed E-state index contributed by atoms with van der Waals surface area (Å²) in [6.45, 7) is 3.97. The minimum Gasteiger partial charge on any atom is -0.488 e. The summed E-state index contributed by atoms with van der Waals surface area (Å²) in [5, 5.41) is 0. The molecule has 26 heavy (non-hydrogen) atoms. The fourth-order valence-corrected chi connectivity index (χ4v) is 2.71. The van der Waals surface area contributed by atoms with E-state index in [9.17, 15) is 13.2 Å². The Morgan fingerprint density at radius 3 is 2.23 bits per heavy atom. The Morgan fingerprint density at radius 2 is 1.54 bits per heavy atom. The molecule has 0 spiro atoms. The lowest BCUT2D eigenvalue weighted by molar-refractivity contribution is -0.137. The second-order valence-corrected chi connectivity index (χ2v) is 5.78. The highest BCUT2D eigenvalue weighted by molar-refractivity contribution is 5.76. The Hall–Kier alpha value is -3.01. The predicted octanol–water partition coefficient (Wildman–Crippen LogP) is 6.59. The summed E-state index contributed by atoms with van der Waals surface area (Å²) < 4.78 is 46.2. The van der Waals surface area contributed by atoms with Crippen molar-refractivity contribution in [3.05, 3.63) is 96.1 Å². The summed E-state index contributed by atoms with van der Waals surface area (Å²) in [4.78, 5) is 0. The maximum absolute atomic E-state index is 13.4. The highest BCUT2D eigenvalue weighted by atomic mass is 19.4. The molecule has 0 heterocycles. The summed E-state index contributed by atoms with van der Waals surface area (Å²) in [5.41, 5.74) is 1.46. The first-order valence-electron chi connectivity index (χ1n) is 8.09. The van der Waals surface area contributed by atoms with Gasteiger partial charge in [0.25, 0.3) is 0 Å². The van der Waals surface area contributed by atoms with E-state index in [4.69, 9.17) is 4.74 Å². The van der Waals surface area contributed by atoms with Gasteiger partial charge in [-0.1, -0.05) is 67.3 Å². The van der Waals surface area contributed by atoms with Gasteiger partial charge >= 0.3 is 6.18 Å². The Balaban J connectivity index is 2.04. The molecular formula is C22H17F3O. The van der Waals surface area contributed by atoms with Gasteiger partial charge in [0, 0.05) is 5.56 Å². The van der Waals surface area contributed by atoms with Crippen molar-refractivity contribution in [2.24, 2.45) is 0 Å². The molecule has 3 rings (SSSR count). The predicted molar refractivity (Wildman–Crippen MR) is 97.7 cm³/mol. The fraction of sp³-hybridized carbons (Fsp3) is 0.0909. The molecule has 0 aliphatic carbocycles. The van der Waals surface area contributed by atoms with Crippen LogP contribution in [-0.4, -0.2) is 0 Å². The summed E-state index contributed by atoms with van der Waals surface area (Å²) >= 11 is 0. The average molecular weight is 354 g/mol. The lowest BCUT2D eigenvalue weighted by Crippen LogP contribution is -2.07. The molecule has 3 aromatic carbocycles. The van der Waals surface area contributed by atoms with Crippen molar-refractivity contribution in [2.45, 2.75) is 12.8 Å². The SMILES string of the molecule is C=Cc1ccc(OCc2ccccc2)c(-c2ccccc2C(F)(F)F)c1. The third-order valence-electron chi connectivity index (χ3n) is 4.00. The minimum atomic E-state index is -4.45. The normalized spacial score (nSPS) is 11.2. The molecule has 0 amide bonds. The van der Waals surface area contributed by atoms with E-state index < -0.39 is 11.7 Å². The topological polar surface area (TPSA) is 9.23 Å². The molecule has 0 saturated carbocycles. The number of alkyl halides is 3. The molecule has 0 bridgehead atoms. The zero-order valence-electron chi connectivity index (χ0n) is 14.0. The summed E-state index contributed by atoms with van der Waals surface area (Å²) in [6.07, 6.45) is -2.85. The van der Waals surface area contributed by atoms with E-state index in [-0.39, 0.29) is 12.2 Å². The third-order valence-corrected chi connectivity index (χ3v) is 4.00. The second-order valence-electron chi connectivity index (χ2n) is 5.78. The maximum atomic E-state index is 13.4. The zero-order valence-corrected chi connectivity index (χ0v) is 14.0. The molecule has 0 atom stereocenters. The molecular weight excluding hydrogens is 337 g/mol. The summed E-state index contributed by atoms with van der Waals surface area (Å²) in [6, 6.07) is 20.1.